The lowest BCUT2D eigenvalue weighted by atomic mass is 10.0. The summed E-state index contributed by atoms with van der Waals surface area (Å²) in [6.45, 7) is 4.37. The van der Waals surface area contributed by atoms with Crippen molar-refractivity contribution < 1.29 is 9.90 Å². The SMILES string of the molecule is CC(CO)CNC(=O)C(C)c1ccc(Br)cc1. The van der Waals surface area contributed by atoms with Crippen LogP contribution in [0.1, 0.15) is 25.3 Å². The summed E-state index contributed by atoms with van der Waals surface area (Å²) in [7, 11) is 0. The van der Waals surface area contributed by atoms with E-state index in [2.05, 4.69) is 21.2 Å². The smallest absolute Gasteiger partial charge is 0.227 e. The molecule has 0 saturated carbocycles. The van der Waals surface area contributed by atoms with E-state index in [1.807, 2.05) is 38.1 Å². The second kappa shape index (κ2) is 6.77. The predicted molar refractivity (Wildman–Crippen MR) is 71.8 cm³/mol. The van der Waals surface area contributed by atoms with Crippen molar-refractivity contribution in [2.45, 2.75) is 19.8 Å². The maximum absolute atomic E-state index is 11.8. The Bertz CT molecular complexity index is 364. The van der Waals surface area contributed by atoms with Crippen molar-refractivity contribution in [3.8, 4) is 0 Å². The van der Waals surface area contributed by atoms with Crippen LogP contribution in [0.15, 0.2) is 28.7 Å². The second-order valence-electron chi connectivity index (χ2n) is 4.31. The van der Waals surface area contributed by atoms with Gasteiger partial charge in [0.15, 0.2) is 0 Å². The second-order valence-corrected chi connectivity index (χ2v) is 5.22. The van der Waals surface area contributed by atoms with Gasteiger partial charge >= 0.3 is 0 Å². The van der Waals surface area contributed by atoms with Gasteiger partial charge in [0.05, 0.1) is 5.92 Å². The van der Waals surface area contributed by atoms with E-state index in [0.717, 1.165) is 10.0 Å². The van der Waals surface area contributed by atoms with Crippen LogP contribution in [0.5, 0.6) is 0 Å². The van der Waals surface area contributed by atoms with Crippen molar-refractivity contribution in [3.63, 3.8) is 0 Å². The highest BCUT2D eigenvalue weighted by Crippen LogP contribution is 2.18. The van der Waals surface area contributed by atoms with Crippen molar-refractivity contribution in [2.24, 2.45) is 5.92 Å². The van der Waals surface area contributed by atoms with Crippen molar-refractivity contribution in [2.75, 3.05) is 13.2 Å². The molecule has 1 rings (SSSR count). The number of benzene rings is 1. The van der Waals surface area contributed by atoms with Gasteiger partial charge < -0.3 is 10.4 Å². The summed E-state index contributed by atoms with van der Waals surface area (Å²) >= 11 is 3.36. The van der Waals surface area contributed by atoms with E-state index in [0.29, 0.717) is 6.54 Å². The number of halogens is 1. The molecule has 0 heterocycles. The highest BCUT2D eigenvalue weighted by molar-refractivity contribution is 9.10. The van der Waals surface area contributed by atoms with Crippen LogP contribution < -0.4 is 5.32 Å². The van der Waals surface area contributed by atoms with Crippen molar-refractivity contribution >= 4 is 21.8 Å². The zero-order chi connectivity index (χ0) is 12.8. The van der Waals surface area contributed by atoms with Gasteiger partial charge in [-0.05, 0) is 30.5 Å². The minimum absolute atomic E-state index is 0.00683. The standard InChI is InChI=1S/C13H18BrNO2/c1-9(8-16)7-15-13(17)10(2)11-3-5-12(14)6-4-11/h3-6,9-10,16H,7-8H2,1-2H3,(H,15,17). The number of carbonyl (C=O) groups excluding carboxylic acids is 1. The first kappa shape index (κ1) is 14.2. The van der Waals surface area contributed by atoms with Crippen LogP contribution in [0, 0.1) is 5.92 Å². The number of nitrogens with one attached hydrogen (secondary N) is 1. The Labute approximate surface area is 110 Å². The van der Waals surface area contributed by atoms with Crippen LogP contribution >= 0.6 is 15.9 Å². The molecular formula is C13H18BrNO2. The zero-order valence-corrected chi connectivity index (χ0v) is 11.7. The fraction of sp³-hybridized carbons (Fsp3) is 0.462. The number of aliphatic hydroxyl groups excluding tert-OH is 1. The van der Waals surface area contributed by atoms with Gasteiger partial charge in [-0.15, -0.1) is 0 Å². The van der Waals surface area contributed by atoms with Crippen molar-refractivity contribution in [3.05, 3.63) is 34.3 Å². The summed E-state index contributed by atoms with van der Waals surface area (Å²) in [4.78, 5) is 11.8. The number of amides is 1. The molecule has 0 aliphatic heterocycles. The molecule has 0 saturated heterocycles. The third-order valence-electron chi connectivity index (χ3n) is 2.70. The maximum atomic E-state index is 11.8. The van der Waals surface area contributed by atoms with Gasteiger partial charge in [-0.3, -0.25) is 4.79 Å². The van der Waals surface area contributed by atoms with Gasteiger partial charge in [0.2, 0.25) is 5.91 Å². The molecule has 2 atom stereocenters. The zero-order valence-electron chi connectivity index (χ0n) is 10.1. The third kappa shape index (κ3) is 4.48. The van der Waals surface area contributed by atoms with E-state index in [4.69, 9.17) is 5.11 Å². The first-order valence-electron chi connectivity index (χ1n) is 5.68. The molecule has 0 bridgehead atoms. The summed E-state index contributed by atoms with van der Waals surface area (Å²) < 4.78 is 1.00. The topological polar surface area (TPSA) is 49.3 Å². The van der Waals surface area contributed by atoms with E-state index in [-0.39, 0.29) is 24.3 Å². The lowest BCUT2D eigenvalue weighted by Gasteiger charge is -2.14. The molecule has 3 nitrogen and oxygen atoms in total. The van der Waals surface area contributed by atoms with Gasteiger partial charge in [-0.1, -0.05) is 35.0 Å². The average molecular weight is 300 g/mol. The molecule has 0 fully saturated rings. The quantitative estimate of drug-likeness (QED) is 0.876. The summed E-state index contributed by atoms with van der Waals surface area (Å²) in [5.74, 6) is -0.0855. The molecule has 1 aromatic rings. The number of hydrogen-bond acceptors (Lipinski definition) is 2. The molecule has 1 amide bonds. The van der Waals surface area contributed by atoms with Gasteiger partial charge in [0.25, 0.3) is 0 Å². The molecule has 4 heteroatoms. The fourth-order valence-corrected chi connectivity index (χ4v) is 1.66. The van der Waals surface area contributed by atoms with Gasteiger partial charge in [0, 0.05) is 17.6 Å². The summed E-state index contributed by atoms with van der Waals surface area (Å²) in [5.41, 5.74) is 0.988. The molecule has 0 aromatic heterocycles. The molecule has 0 spiro atoms. The molecule has 1 aromatic carbocycles. The molecule has 2 N–H and O–H groups in total. The molecule has 94 valence electrons. The Morgan fingerprint density at radius 3 is 2.47 bits per heavy atom. The van der Waals surface area contributed by atoms with E-state index >= 15 is 0 Å². The number of hydrogen-bond donors (Lipinski definition) is 2. The van der Waals surface area contributed by atoms with Crippen LogP contribution in [-0.4, -0.2) is 24.2 Å². The Morgan fingerprint density at radius 2 is 1.94 bits per heavy atom. The monoisotopic (exact) mass is 299 g/mol. The number of rotatable bonds is 5. The minimum Gasteiger partial charge on any atom is -0.396 e. The Hall–Kier alpha value is -0.870. The molecule has 0 aliphatic rings. The highest BCUT2D eigenvalue weighted by atomic mass is 79.9. The molecular weight excluding hydrogens is 282 g/mol. The Balaban J connectivity index is 2.54. The van der Waals surface area contributed by atoms with Crippen molar-refractivity contribution in [1.29, 1.82) is 0 Å². The maximum Gasteiger partial charge on any atom is 0.227 e. The molecule has 0 aliphatic carbocycles. The first-order chi connectivity index (χ1) is 8.04. The molecule has 0 radical (unpaired) electrons. The lowest BCUT2D eigenvalue weighted by molar-refractivity contribution is -0.122. The van der Waals surface area contributed by atoms with Crippen molar-refractivity contribution in [1.82, 2.24) is 5.32 Å². The number of carbonyl (C=O) groups is 1. The fourth-order valence-electron chi connectivity index (χ4n) is 1.40. The van der Waals surface area contributed by atoms with Crippen LogP contribution in [0.25, 0.3) is 0 Å². The van der Waals surface area contributed by atoms with E-state index in [9.17, 15) is 4.79 Å². The molecule has 17 heavy (non-hydrogen) atoms. The predicted octanol–water partition coefficient (Wildman–Crippen LogP) is 2.30. The summed E-state index contributed by atoms with van der Waals surface area (Å²) in [5, 5.41) is 11.7. The van der Waals surface area contributed by atoms with Gasteiger partial charge in [-0.2, -0.15) is 0 Å². The van der Waals surface area contributed by atoms with E-state index < -0.39 is 0 Å². The van der Waals surface area contributed by atoms with Crippen LogP contribution in [-0.2, 0) is 4.79 Å². The summed E-state index contributed by atoms with van der Waals surface area (Å²) in [6, 6.07) is 7.72. The van der Waals surface area contributed by atoms with E-state index in [1.54, 1.807) is 0 Å². The first-order valence-corrected chi connectivity index (χ1v) is 6.48. The van der Waals surface area contributed by atoms with Gasteiger partial charge in [-0.25, -0.2) is 0 Å². The minimum atomic E-state index is -0.172. The number of aliphatic hydroxyl groups is 1. The summed E-state index contributed by atoms with van der Waals surface area (Å²) in [6.07, 6.45) is 0. The average Bonchev–Trinajstić information content (AvgIpc) is 2.35. The lowest BCUT2D eigenvalue weighted by Crippen LogP contribution is -2.32. The van der Waals surface area contributed by atoms with Crippen LogP contribution in [0.3, 0.4) is 0 Å². The molecule has 2 unspecified atom stereocenters. The largest absolute Gasteiger partial charge is 0.396 e. The van der Waals surface area contributed by atoms with E-state index in [1.165, 1.54) is 0 Å². The highest BCUT2D eigenvalue weighted by Gasteiger charge is 2.15. The van der Waals surface area contributed by atoms with Crippen LogP contribution in [0.4, 0.5) is 0 Å². The Kier molecular flexibility index (Phi) is 5.65. The Morgan fingerprint density at radius 1 is 1.35 bits per heavy atom. The third-order valence-corrected chi connectivity index (χ3v) is 3.23. The van der Waals surface area contributed by atoms with Gasteiger partial charge in [0.1, 0.15) is 0 Å². The normalized spacial score (nSPS) is 14.1. The van der Waals surface area contributed by atoms with Crippen LogP contribution in [0.2, 0.25) is 0 Å².